The van der Waals surface area contributed by atoms with E-state index in [0.717, 1.165) is 56.2 Å². The number of nitrogens with zero attached hydrogens (tertiary/aromatic N) is 1. The molecule has 4 rings (SSSR count). The van der Waals surface area contributed by atoms with Gasteiger partial charge in [-0.15, -0.1) is 0 Å². The molecule has 30 heavy (non-hydrogen) atoms. The van der Waals surface area contributed by atoms with Crippen molar-refractivity contribution in [2.45, 2.75) is 58.4 Å². The topological polar surface area (TPSA) is 41.6 Å². The number of benzene rings is 2. The fraction of sp³-hybridized carbons (Fsp3) is 0.500. The van der Waals surface area contributed by atoms with Crippen molar-refractivity contribution in [3.05, 3.63) is 59.2 Å². The monoisotopic (exact) mass is 406 g/mol. The second-order valence-electron chi connectivity index (χ2n) is 8.66. The van der Waals surface area contributed by atoms with Gasteiger partial charge in [-0.1, -0.05) is 44.2 Å². The average Bonchev–Trinajstić information content (AvgIpc) is 3.50. The molecule has 4 nitrogen and oxygen atoms in total. The van der Waals surface area contributed by atoms with Crippen molar-refractivity contribution < 1.29 is 9.53 Å². The van der Waals surface area contributed by atoms with Gasteiger partial charge in [-0.25, -0.2) is 0 Å². The number of carbonyl (C=O) groups is 1. The summed E-state index contributed by atoms with van der Waals surface area (Å²) in [7, 11) is 0. The van der Waals surface area contributed by atoms with Gasteiger partial charge < -0.3 is 10.1 Å². The number of anilines is 1. The molecular formula is C26H34N2O2. The van der Waals surface area contributed by atoms with Crippen molar-refractivity contribution in [2.75, 3.05) is 25.0 Å². The number of carbonyl (C=O) groups excluding carboxylic acids is 1. The van der Waals surface area contributed by atoms with E-state index in [4.69, 9.17) is 4.74 Å². The summed E-state index contributed by atoms with van der Waals surface area (Å²) in [5.74, 6) is 1.80. The zero-order valence-corrected chi connectivity index (χ0v) is 18.3. The van der Waals surface area contributed by atoms with Crippen LogP contribution >= 0.6 is 0 Å². The number of nitrogens with one attached hydrogen (secondary N) is 1. The molecule has 0 aromatic heterocycles. The number of rotatable bonds is 9. The molecule has 2 aromatic rings. The van der Waals surface area contributed by atoms with Crippen molar-refractivity contribution in [3.63, 3.8) is 0 Å². The van der Waals surface area contributed by atoms with E-state index in [0.29, 0.717) is 12.6 Å². The Morgan fingerprint density at radius 1 is 1.03 bits per heavy atom. The predicted octanol–water partition coefficient (Wildman–Crippen LogP) is 5.38. The minimum atomic E-state index is 0.0851. The number of amides is 1. The maximum absolute atomic E-state index is 12.9. The van der Waals surface area contributed by atoms with Gasteiger partial charge in [0.2, 0.25) is 5.91 Å². The van der Waals surface area contributed by atoms with Gasteiger partial charge >= 0.3 is 0 Å². The number of para-hydroxylation sites is 1. The first-order chi connectivity index (χ1) is 14.7. The summed E-state index contributed by atoms with van der Waals surface area (Å²) < 4.78 is 5.87. The zero-order chi connectivity index (χ0) is 20.9. The predicted molar refractivity (Wildman–Crippen MR) is 122 cm³/mol. The van der Waals surface area contributed by atoms with E-state index in [1.807, 2.05) is 0 Å². The van der Waals surface area contributed by atoms with Crippen molar-refractivity contribution in [2.24, 2.45) is 5.92 Å². The highest BCUT2D eigenvalue weighted by Gasteiger charge is 2.28. The van der Waals surface area contributed by atoms with Crippen molar-refractivity contribution in [1.82, 2.24) is 4.90 Å². The minimum Gasteiger partial charge on any atom is -0.493 e. The summed E-state index contributed by atoms with van der Waals surface area (Å²) in [5, 5.41) is 3.22. The molecule has 1 saturated heterocycles. The molecule has 1 atom stereocenters. The van der Waals surface area contributed by atoms with Crippen LogP contribution in [0.5, 0.6) is 5.75 Å². The lowest BCUT2D eigenvalue weighted by Crippen LogP contribution is -2.33. The van der Waals surface area contributed by atoms with E-state index in [-0.39, 0.29) is 5.91 Å². The third kappa shape index (κ3) is 5.04. The van der Waals surface area contributed by atoms with E-state index in [1.165, 1.54) is 29.5 Å². The lowest BCUT2D eigenvalue weighted by atomic mass is 10.0. The van der Waals surface area contributed by atoms with Gasteiger partial charge in [0.1, 0.15) is 5.75 Å². The smallest absolute Gasteiger partial charge is 0.238 e. The Morgan fingerprint density at radius 2 is 1.73 bits per heavy atom. The quantitative estimate of drug-likeness (QED) is 0.608. The molecule has 1 saturated carbocycles. The highest BCUT2D eigenvalue weighted by atomic mass is 16.5. The molecule has 1 N–H and O–H groups in total. The summed E-state index contributed by atoms with van der Waals surface area (Å²) in [6.07, 6.45) is 6.68. The van der Waals surface area contributed by atoms with Crippen LogP contribution in [0.25, 0.3) is 0 Å². The third-order valence-electron chi connectivity index (χ3n) is 6.42. The first-order valence-electron chi connectivity index (χ1n) is 11.5. The van der Waals surface area contributed by atoms with Crippen LogP contribution in [0.4, 0.5) is 5.69 Å². The number of hydrogen-bond acceptors (Lipinski definition) is 3. The molecule has 2 aliphatic rings. The molecule has 1 aliphatic heterocycles. The standard InChI is InChI=1S/C26H34N2O2/c1-3-20-7-5-8-21(4-2)26(20)27-25(29)17-28-16-6-9-24(28)22-12-14-23(15-13-22)30-18-19-10-11-19/h5,7-8,12-15,19,24H,3-4,6,9-11,16-18H2,1-2H3,(H,27,29). The molecule has 1 unspecified atom stereocenters. The Bertz CT molecular complexity index is 836. The Morgan fingerprint density at radius 3 is 2.37 bits per heavy atom. The average molecular weight is 407 g/mol. The van der Waals surface area contributed by atoms with Gasteiger partial charge in [-0.2, -0.15) is 0 Å². The molecule has 1 aliphatic carbocycles. The van der Waals surface area contributed by atoms with E-state index >= 15 is 0 Å². The number of aryl methyl sites for hydroxylation is 2. The van der Waals surface area contributed by atoms with Crippen LogP contribution in [0.2, 0.25) is 0 Å². The fourth-order valence-electron chi connectivity index (χ4n) is 4.44. The van der Waals surface area contributed by atoms with Gasteiger partial charge in [-0.3, -0.25) is 9.69 Å². The van der Waals surface area contributed by atoms with Gasteiger partial charge in [0.05, 0.1) is 13.2 Å². The van der Waals surface area contributed by atoms with Crippen molar-refractivity contribution in [1.29, 1.82) is 0 Å². The highest BCUT2D eigenvalue weighted by Crippen LogP contribution is 2.34. The molecule has 1 amide bonds. The summed E-state index contributed by atoms with van der Waals surface area (Å²) in [6, 6.07) is 15.1. The maximum atomic E-state index is 12.9. The first kappa shape index (κ1) is 20.9. The molecule has 0 radical (unpaired) electrons. The molecular weight excluding hydrogens is 372 g/mol. The van der Waals surface area contributed by atoms with E-state index < -0.39 is 0 Å². The summed E-state index contributed by atoms with van der Waals surface area (Å²) in [5.41, 5.74) is 4.72. The summed E-state index contributed by atoms with van der Waals surface area (Å²) >= 11 is 0. The van der Waals surface area contributed by atoms with Gasteiger partial charge in [0, 0.05) is 11.7 Å². The van der Waals surface area contributed by atoms with E-state index in [2.05, 4.69) is 66.5 Å². The molecule has 0 bridgehead atoms. The lowest BCUT2D eigenvalue weighted by Gasteiger charge is -2.25. The molecule has 0 spiro atoms. The van der Waals surface area contributed by atoms with Crippen LogP contribution in [0.1, 0.15) is 62.3 Å². The van der Waals surface area contributed by atoms with Gasteiger partial charge in [0.15, 0.2) is 0 Å². The zero-order valence-electron chi connectivity index (χ0n) is 18.3. The third-order valence-corrected chi connectivity index (χ3v) is 6.42. The van der Waals surface area contributed by atoms with Crippen LogP contribution in [0, 0.1) is 5.92 Å². The first-order valence-corrected chi connectivity index (χ1v) is 11.5. The summed E-state index contributed by atoms with van der Waals surface area (Å²) in [4.78, 5) is 15.2. The van der Waals surface area contributed by atoms with Gasteiger partial charge in [0.25, 0.3) is 0 Å². The van der Waals surface area contributed by atoms with Gasteiger partial charge in [-0.05, 0) is 79.8 Å². The van der Waals surface area contributed by atoms with E-state index in [9.17, 15) is 4.79 Å². The SMILES string of the molecule is CCc1cccc(CC)c1NC(=O)CN1CCCC1c1ccc(OCC2CC2)cc1. The normalized spacial score (nSPS) is 19.1. The Hall–Kier alpha value is -2.33. The molecule has 160 valence electrons. The number of likely N-dealkylation sites (tertiary alicyclic amines) is 1. The molecule has 2 aromatic carbocycles. The Kier molecular flexibility index (Phi) is 6.73. The van der Waals surface area contributed by atoms with Crippen LogP contribution in [0.15, 0.2) is 42.5 Å². The second-order valence-corrected chi connectivity index (χ2v) is 8.66. The maximum Gasteiger partial charge on any atom is 0.238 e. The Labute approximate surface area is 180 Å². The summed E-state index contributed by atoms with van der Waals surface area (Å²) in [6.45, 7) is 6.52. The molecule has 4 heteroatoms. The van der Waals surface area contributed by atoms with Crippen molar-refractivity contribution in [3.8, 4) is 5.75 Å². The Balaban J connectivity index is 1.38. The second kappa shape index (κ2) is 9.65. The van der Waals surface area contributed by atoms with Crippen LogP contribution in [-0.4, -0.2) is 30.5 Å². The van der Waals surface area contributed by atoms with Crippen LogP contribution < -0.4 is 10.1 Å². The lowest BCUT2D eigenvalue weighted by molar-refractivity contribution is -0.117. The fourth-order valence-corrected chi connectivity index (χ4v) is 4.44. The number of ether oxygens (including phenoxy) is 1. The minimum absolute atomic E-state index is 0.0851. The van der Waals surface area contributed by atoms with Crippen LogP contribution in [0.3, 0.4) is 0 Å². The molecule has 1 heterocycles. The highest BCUT2D eigenvalue weighted by molar-refractivity contribution is 5.94. The number of hydrogen-bond donors (Lipinski definition) is 1. The molecule has 2 fully saturated rings. The largest absolute Gasteiger partial charge is 0.493 e. The van der Waals surface area contributed by atoms with E-state index in [1.54, 1.807) is 0 Å². The van der Waals surface area contributed by atoms with Crippen molar-refractivity contribution >= 4 is 11.6 Å². The van der Waals surface area contributed by atoms with Crippen LogP contribution in [-0.2, 0) is 17.6 Å².